The zero-order chi connectivity index (χ0) is 16.5. The van der Waals surface area contributed by atoms with E-state index < -0.39 is 5.54 Å². The van der Waals surface area contributed by atoms with Crippen molar-refractivity contribution in [2.75, 3.05) is 13.1 Å². The molecule has 0 aromatic carbocycles. The Morgan fingerprint density at radius 3 is 2.08 bits per heavy atom. The lowest BCUT2D eigenvalue weighted by molar-refractivity contribution is -0.134. The van der Waals surface area contributed by atoms with E-state index in [2.05, 4.69) is 16.0 Å². The fourth-order valence-corrected chi connectivity index (χ4v) is 4.01. The molecule has 0 bridgehead atoms. The van der Waals surface area contributed by atoms with Gasteiger partial charge in [0.2, 0.25) is 11.8 Å². The van der Waals surface area contributed by atoms with Crippen LogP contribution in [0.1, 0.15) is 77.6 Å². The molecule has 3 N–H and O–H groups in total. The summed E-state index contributed by atoms with van der Waals surface area (Å²) in [7, 11) is 0. The Morgan fingerprint density at radius 1 is 0.917 bits per heavy atom. The summed E-state index contributed by atoms with van der Waals surface area (Å²) in [4.78, 5) is 24.1. The summed E-state index contributed by atoms with van der Waals surface area (Å²) in [6.45, 7) is 2.94. The predicted octanol–water partition coefficient (Wildman–Crippen LogP) is 2.68. The summed E-state index contributed by atoms with van der Waals surface area (Å²) >= 11 is 0. The third-order valence-corrected chi connectivity index (χ3v) is 5.26. The van der Waals surface area contributed by atoms with E-state index in [0.29, 0.717) is 12.6 Å². The molecule has 2 aliphatic rings. The fourth-order valence-electron chi connectivity index (χ4n) is 4.01. The summed E-state index contributed by atoms with van der Waals surface area (Å²) < 4.78 is 0. The van der Waals surface area contributed by atoms with Gasteiger partial charge in [0.05, 0.1) is 0 Å². The van der Waals surface area contributed by atoms with E-state index in [1.54, 1.807) is 0 Å². The summed E-state index contributed by atoms with van der Waals surface area (Å²) in [5, 5.41) is 9.53. The second-order valence-corrected chi connectivity index (χ2v) is 7.22. The Balaban J connectivity index is 0.00000288. The Kier molecular flexibility index (Phi) is 9.67. The minimum Gasteiger partial charge on any atom is -0.353 e. The third kappa shape index (κ3) is 6.60. The number of amides is 2. The number of rotatable bonds is 6. The molecule has 5 nitrogen and oxygen atoms in total. The lowest BCUT2D eigenvalue weighted by Gasteiger charge is -2.36. The molecule has 2 aliphatic carbocycles. The van der Waals surface area contributed by atoms with Crippen molar-refractivity contribution in [2.45, 2.75) is 89.1 Å². The fraction of sp³-hybridized carbons (Fsp3) is 0.889. The molecular formula is C18H34ClN3O2. The van der Waals surface area contributed by atoms with Crippen LogP contribution in [0.3, 0.4) is 0 Å². The largest absolute Gasteiger partial charge is 0.353 e. The maximum Gasteiger partial charge on any atom is 0.245 e. The van der Waals surface area contributed by atoms with Gasteiger partial charge in [0, 0.05) is 26.1 Å². The number of carbonyl (C=O) groups is 2. The van der Waals surface area contributed by atoms with Crippen molar-refractivity contribution in [2.24, 2.45) is 0 Å². The molecule has 0 aromatic rings. The van der Waals surface area contributed by atoms with Gasteiger partial charge in [-0.1, -0.05) is 44.9 Å². The SMILES string of the molecule is CC(=O)NC1(C(=O)NCCNC2CCCCCC2)CCCCC1.Cl. The highest BCUT2D eigenvalue weighted by atomic mass is 35.5. The van der Waals surface area contributed by atoms with Crippen LogP contribution in [-0.4, -0.2) is 36.5 Å². The van der Waals surface area contributed by atoms with Crippen LogP contribution in [0.2, 0.25) is 0 Å². The van der Waals surface area contributed by atoms with Crippen molar-refractivity contribution in [3.05, 3.63) is 0 Å². The summed E-state index contributed by atoms with van der Waals surface area (Å²) in [6, 6.07) is 0.605. The molecule has 6 heteroatoms. The molecule has 0 unspecified atom stereocenters. The van der Waals surface area contributed by atoms with E-state index in [-0.39, 0.29) is 24.2 Å². The molecule has 0 aliphatic heterocycles. The molecule has 0 spiro atoms. The highest BCUT2D eigenvalue weighted by Crippen LogP contribution is 2.28. The predicted molar refractivity (Wildman–Crippen MR) is 99.4 cm³/mol. The molecule has 0 atom stereocenters. The van der Waals surface area contributed by atoms with Crippen molar-refractivity contribution < 1.29 is 9.59 Å². The van der Waals surface area contributed by atoms with Crippen LogP contribution >= 0.6 is 12.4 Å². The lowest BCUT2D eigenvalue weighted by Crippen LogP contribution is -2.59. The number of halogens is 1. The van der Waals surface area contributed by atoms with E-state index >= 15 is 0 Å². The first kappa shape index (κ1) is 21.2. The molecule has 2 rings (SSSR count). The molecule has 140 valence electrons. The van der Waals surface area contributed by atoms with Gasteiger partial charge in [-0.3, -0.25) is 9.59 Å². The van der Waals surface area contributed by atoms with E-state index in [0.717, 1.165) is 38.6 Å². The van der Waals surface area contributed by atoms with Gasteiger partial charge in [-0.15, -0.1) is 12.4 Å². The minimum atomic E-state index is -0.674. The Hall–Kier alpha value is -0.810. The van der Waals surface area contributed by atoms with Gasteiger partial charge in [0.25, 0.3) is 0 Å². The van der Waals surface area contributed by atoms with Crippen molar-refractivity contribution in [1.29, 1.82) is 0 Å². The van der Waals surface area contributed by atoms with Gasteiger partial charge in [-0.05, 0) is 25.7 Å². The first-order chi connectivity index (χ1) is 11.1. The molecule has 0 aromatic heterocycles. The first-order valence-electron chi connectivity index (χ1n) is 9.43. The second kappa shape index (κ2) is 10.9. The smallest absolute Gasteiger partial charge is 0.245 e. The highest BCUT2D eigenvalue weighted by Gasteiger charge is 2.39. The molecule has 2 fully saturated rings. The molecule has 24 heavy (non-hydrogen) atoms. The van der Waals surface area contributed by atoms with Gasteiger partial charge in [0.1, 0.15) is 5.54 Å². The second-order valence-electron chi connectivity index (χ2n) is 7.22. The van der Waals surface area contributed by atoms with Crippen LogP contribution in [-0.2, 0) is 9.59 Å². The Labute approximate surface area is 152 Å². The van der Waals surface area contributed by atoms with E-state index in [1.165, 1.54) is 45.4 Å². The van der Waals surface area contributed by atoms with E-state index in [9.17, 15) is 9.59 Å². The monoisotopic (exact) mass is 359 g/mol. The minimum absolute atomic E-state index is 0. The summed E-state index contributed by atoms with van der Waals surface area (Å²) in [6.07, 6.45) is 12.5. The molecule has 2 saturated carbocycles. The molecule has 2 amide bonds. The maximum atomic E-state index is 12.6. The zero-order valence-electron chi connectivity index (χ0n) is 15.0. The average molecular weight is 360 g/mol. The molecular weight excluding hydrogens is 326 g/mol. The van der Waals surface area contributed by atoms with Crippen LogP contribution in [0, 0.1) is 0 Å². The first-order valence-corrected chi connectivity index (χ1v) is 9.43. The Morgan fingerprint density at radius 2 is 1.50 bits per heavy atom. The number of hydrogen-bond donors (Lipinski definition) is 3. The topological polar surface area (TPSA) is 70.2 Å². The molecule has 0 heterocycles. The van der Waals surface area contributed by atoms with Crippen molar-refractivity contribution in [1.82, 2.24) is 16.0 Å². The van der Waals surface area contributed by atoms with Crippen LogP contribution in [0.25, 0.3) is 0 Å². The van der Waals surface area contributed by atoms with Crippen LogP contribution in [0.5, 0.6) is 0 Å². The maximum absolute atomic E-state index is 12.6. The van der Waals surface area contributed by atoms with Gasteiger partial charge in [-0.25, -0.2) is 0 Å². The average Bonchev–Trinajstić information content (AvgIpc) is 2.80. The number of carbonyl (C=O) groups excluding carboxylic acids is 2. The standard InChI is InChI=1S/C18H33N3O2.ClH/c1-15(22)21-18(11-7-4-8-12-18)17(23)20-14-13-19-16-9-5-2-3-6-10-16;/h16,19H,2-14H2,1H3,(H,20,23)(H,21,22);1H. The van der Waals surface area contributed by atoms with Gasteiger partial charge >= 0.3 is 0 Å². The van der Waals surface area contributed by atoms with Crippen molar-refractivity contribution >= 4 is 24.2 Å². The Bertz CT molecular complexity index is 390. The highest BCUT2D eigenvalue weighted by molar-refractivity contribution is 5.91. The van der Waals surface area contributed by atoms with Crippen molar-refractivity contribution in [3.8, 4) is 0 Å². The van der Waals surface area contributed by atoms with Crippen LogP contribution in [0.4, 0.5) is 0 Å². The summed E-state index contributed by atoms with van der Waals surface area (Å²) in [5.41, 5.74) is -0.674. The van der Waals surface area contributed by atoms with Crippen molar-refractivity contribution in [3.63, 3.8) is 0 Å². The van der Waals surface area contributed by atoms with Gasteiger partial charge < -0.3 is 16.0 Å². The van der Waals surface area contributed by atoms with E-state index in [4.69, 9.17) is 0 Å². The summed E-state index contributed by atoms with van der Waals surface area (Å²) in [5.74, 6) is -0.117. The molecule has 0 radical (unpaired) electrons. The quantitative estimate of drug-likeness (QED) is 0.504. The molecule has 0 saturated heterocycles. The number of hydrogen-bond acceptors (Lipinski definition) is 3. The lowest BCUT2D eigenvalue weighted by atomic mass is 9.80. The van der Waals surface area contributed by atoms with Gasteiger partial charge in [0.15, 0.2) is 0 Å². The third-order valence-electron chi connectivity index (χ3n) is 5.26. The number of nitrogens with one attached hydrogen (secondary N) is 3. The van der Waals surface area contributed by atoms with Gasteiger partial charge in [-0.2, -0.15) is 0 Å². The van der Waals surface area contributed by atoms with Crippen LogP contribution < -0.4 is 16.0 Å². The zero-order valence-corrected chi connectivity index (χ0v) is 15.8. The normalized spacial score (nSPS) is 21.2. The van der Waals surface area contributed by atoms with Crippen LogP contribution in [0.15, 0.2) is 0 Å². The van der Waals surface area contributed by atoms with E-state index in [1.807, 2.05) is 0 Å².